The average molecular weight is 344 g/mol. The van der Waals surface area contributed by atoms with E-state index in [1.807, 2.05) is 24.4 Å². The summed E-state index contributed by atoms with van der Waals surface area (Å²) in [4.78, 5) is 11.1. The summed E-state index contributed by atoms with van der Waals surface area (Å²) < 4.78 is 3.19. The number of primary amides is 1. The van der Waals surface area contributed by atoms with E-state index in [-0.39, 0.29) is 0 Å². The van der Waals surface area contributed by atoms with E-state index in [2.05, 4.69) is 32.6 Å². The van der Waals surface area contributed by atoms with Gasteiger partial charge in [0.25, 0.3) is 0 Å². The van der Waals surface area contributed by atoms with E-state index in [4.69, 9.17) is 11.5 Å². The van der Waals surface area contributed by atoms with Crippen molar-refractivity contribution in [3.8, 4) is 0 Å². The number of carbonyl (C=O) groups is 1. The maximum atomic E-state index is 11.1. The maximum absolute atomic E-state index is 11.1. The van der Waals surface area contributed by atoms with Crippen LogP contribution in [0.3, 0.4) is 0 Å². The number of nitrogen functional groups attached to an aromatic ring is 1. The molecule has 0 fully saturated rings. The molecule has 0 saturated heterocycles. The number of benzene rings is 2. The average Bonchev–Trinajstić information content (AvgIpc) is 2.85. The molecule has 0 unspecified atom stereocenters. The Morgan fingerprint density at radius 2 is 2.00 bits per heavy atom. The first-order valence-corrected chi connectivity index (χ1v) is 7.27. The summed E-state index contributed by atoms with van der Waals surface area (Å²) in [6, 6.07) is 13.3. The van der Waals surface area contributed by atoms with Gasteiger partial charge in [-0.2, -0.15) is 0 Å². The lowest BCUT2D eigenvalue weighted by Gasteiger charge is -2.10. The number of halogens is 1. The van der Waals surface area contributed by atoms with Crippen molar-refractivity contribution in [2.24, 2.45) is 5.73 Å². The van der Waals surface area contributed by atoms with Crippen LogP contribution in [0.2, 0.25) is 0 Å². The van der Waals surface area contributed by atoms with Gasteiger partial charge in [-0.25, -0.2) is 0 Å². The quantitative estimate of drug-likeness (QED) is 0.717. The van der Waals surface area contributed by atoms with Gasteiger partial charge in [0, 0.05) is 39.4 Å². The van der Waals surface area contributed by atoms with Gasteiger partial charge in [0.1, 0.15) is 0 Å². The molecule has 5 heteroatoms. The van der Waals surface area contributed by atoms with Crippen LogP contribution in [0, 0.1) is 0 Å². The highest BCUT2D eigenvalue weighted by atomic mass is 79.9. The van der Waals surface area contributed by atoms with Gasteiger partial charge in [0.15, 0.2) is 0 Å². The highest BCUT2D eigenvalue weighted by Crippen LogP contribution is 2.26. The summed E-state index contributed by atoms with van der Waals surface area (Å²) in [7, 11) is 0. The minimum atomic E-state index is -0.469. The molecule has 1 aromatic heterocycles. The molecule has 0 spiro atoms. The predicted molar refractivity (Wildman–Crippen MR) is 88.1 cm³/mol. The molecule has 4 N–H and O–H groups in total. The first-order valence-electron chi connectivity index (χ1n) is 6.48. The molecule has 4 nitrogen and oxygen atoms in total. The van der Waals surface area contributed by atoms with Crippen LogP contribution in [0.5, 0.6) is 0 Å². The van der Waals surface area contributed by atoms with Gasteiger partial charge in [-0.3, -0.25) is 4.79 Å². The van der Waals surface area contributed by atoms with Crippen molar-refractivity contribution < 1.29 is 4.79 Å². The van der Waals surface area contributed by atoms with Gasteiger partial charge in [-0.15, -0.1) is 0 Å². The molecule has 0 aliphatic carbocycles. The van der Waals surface area contributed by atoms with Crippen molar-refractivity contribution >= 4 is 38.4 Å². The van der Waals surface area contributed by atoms with Gasteiger partial charge in [0.2, 0.25) is 5.91 Å². The lowest BCUT2D eigenvalue weighted by molar-refractivity contribution is 0.100. The molecule has 3 rings (SSSR count). The van der Waals surface area contributed by atoms with Gasteiger partial charge in [-0.1, -0.05) is 28.1 Å². The maximum Gasteiger partial charge on any atom is 0.248 e. The van der Waals surface area contributed by atoms with Crippen LogP contribution in [0.25, 0.3) is 10.9 Å². The Morgan fingerprint density at radius 3 is 2.71 bits per heavy atom. The van der Waals surface area contributed by atoms with Crippen LogP contribution >= 0.6 is 15.9 Å². The fourth-order valence-corrected chi connectivity index (χ4v) is 2.89. The number of anilines is 1. The molecule has 0 aliphatic rings. The second kappa shape index (κ2) is 5.26. The van der Waals surface area contributed by atoms with Gasteiger partial charge in [0.05, 0.1) is 0 Å². The summed E-state index contributed by atoms with van der Waals surface area (Å²) in [5.74, 6) is -0.469. The normalized spacial score (nSPS) is 10.9. The van der Waals surface area contributed by atoms with Gasteiger partial charge in [-0.05, 0) is 35.9 Å². The Balaban J connectivity index is 1.99. The lowest BCUT2D eigenvalue weighted by Crippen LogP contribution is -2.12. The highest BCUT2D eigenvalue weighted by Gasteiger charge is 2.08. The van der Waals surface area contributed by atoms with Gasteiger partial charge < -0.3 is 16.0 Å². The predicted octanol–water partition coefficient (Wildman–Crippen LogP) is 3.13. The topological polar surface area (TPSA) is 74.0 Å². The molecule has 3 aromatic rings. The zero-order chi connectivity index (χ0) is 15.0. The summed E-state index contributed by atoms with van der Waals surface area (Å²) in [5, 5.41) is 1.16. The number of rotatable bonds is 3. The number of hydrogen-bond donors (Lipinski definition) is 2. The summed E-state index contributed by atoms with van der Waals surface area (Å²) in [6.07, 6.45) is 2.02. The van der Waals surface area contributed by atoms with E-state index in [0.717, 1.165) is 20.9 Å². The van der Waals surface area contributed by atoms with E-state index >= 15 is 0 Å². The first kappa shape index (κ1) is 13.7. The molecular weight excluding hydrogens is 330 g/mol. The number of fused-ring (bicyclic) bond motifs is 1. The summed E-state index contributed by atoms with van der Waals surface area (Å²) in [5.41, 5.74) is 14.4. The third kappa shape index (κ3) is 2.52. The standard InChI is InChI=1S/C16H14BrN3O/c17-13-2-1-3-15-12(13)6-7-20(15)9-11-5-4-10(16(19)21)8-14(11)18/h1-8H,9,18H2,(H2,19,21). The largest absolute Gasteiger partial charge is 0.398 e. The zero-order valence-corrected chi connectivity index (χ0v) is 12.8. The minimum absolute atomic E-state index is 0.427. The minimum Gasteiger partial charge on any atom is -0.398 e. The Kier molecular flexibility index (Phi) is 3.43. The molecule has 0 saturated carbocycles. The van der Waals surface area contributed by atoms with Crippen molar-refractivity contribution in [3.05, 3.63) is 64.3 Å². The van der Waals surface area contributed by atoms with E-state index in [0.29, 0.717) is 17.8 Å². The van der Waals surface area contributed by atoms with Crippen molar-refractivity contribution in [1.29, 1.82) is 0 Å². The number of hydrogen-bond acceptors (Lipinski definition) is 2. The molecule has 0 bridgehead atoms. The molecule has 1 amide bonds. The molecule has 0 atom stereocenters. The van der Waals surface area contributed by atoms with Gasteiger partial charge >= 0.3 is 0 Å². The number of carbonyl (C=O) groups excluding carboxylic acids is 1. The van der Waals surface area contributed by atoms with E-state index in [9.17, 15) is 4.79 Å². The SMILES string of the molecule is NC(=O)c1ccc(Cn2ccc3c(Br)cccc32)c(N)c1. The monoisotopic (exact) mass is 343 g/mol. The van der Waals surface area contributed by atoms with Crippen LogP contribution in [0.15, 0.2) is 53.1 Å². The summed E-state index contributed by atoms with van der Waals surface area (Å²) >= 11 is 3.55. The number of aromatic nitrogens is 1. The van der Waals surface area contributed by atoms with Crippen molar-refractivity contribution in [2.75, 3.05) is 5.73 Å². The van der Waals surface area contributed by atoms with Crippen molar-refractivity contribution in [1.82, 2.24) is 4.57 Å². The Morgan fingerprint density at radius 1 is 1.19 bits per heavy atom. The molecule has 2 aromatic carbocycles. The van der Waals surface area contributed by atoms with Crippen LogP contribution < -0.4 is 11.5 Å². The molecule has 1 heterocycles. The van der Waals surface area contributed by atoms with E-state index < -0.39 is 5.91 Å². The fourth-order valence-electron chi connectivity index (χ4n) is 2.40. The Hall–Kier alpha value is -2.27. The molecule has 106 valence electrons. The number of nitrogens with two attached hydrogens (primary N) is 2. The molecule has 0 aliphatic heterocycles. The van der Waals surface area contributed by atoms with Crippen molar-refractivity contribution in [3.63, 3.8) is 0 Å². The van der Waals surface area contributed by atoms with Crippen LogP contribution in [0.4, 0.5) is 5.69 Å². The number of nitrogens with zero attached hydrogens (tertiary/aromatic N) is 1. The third-order valence-corrected chi connectivity index (χ3v) is 4.22. The summed E-state index contributed by atoms with van der Waals surface area (Å²) in [6.45, 7) is 0.644. The Bertz CT molecular complexity index is 839. The van der Waals surface area contributed by atoms with E-state index in [1.54, 1.807) is 12.1 Å². The van der Waals surface area contributed by atoms with E-state index in [1.165, 1.54) is 0 Å². The second-order valence-corrected chi connectivity index (χ2v) is 5.75. The first-order chi connectivity index (χ1) is 10.1. The lowest BCUT2D eigenvalue weighted by atomic mass is 10.1. The molecular formula is C16H14BrN3O. The van der Waals surface area contributed by atoms with Crippen molar-refractivity contribution in [2.45, 2.75) is 6.54 Å². The molecule has 0 radical (unpaired) electrons. The smallest absolute Gasteiger partial charge is 0.248 e. The third-order valence-electron chi connectivity index (χ3n) is 3.53. The fraction of sp³-hybridized carbons (Fsp3) is 0.0625. The van der Waals surface area contributed by atoms with Crippen LogP contribution in [-0.4, -0.2) is 10.5 Å². The highest BCUT2D eigenvalue weighted by molar-refractivity contribution is 9.10. The van der Waals surface area contributed by atoms with Crippen LogP contribution in [0.1, 0.15) is 15.9 Å². The number of amides is 1. The second-order valence-electron chi connectivity index (χ2n) is 4.89. The van der Waals surface area contributed by atoms with Crippen LogP contribution in [-0.2, 0) is 6.54 Å². The molecule has 21 heavy (non-hydrogen) atoms. The Labute approximate surface area is 130 Å². The zero-order valence-electron chi connectivity index (χ0n) is 11.2.